The van der Waals surface area contributed by atoms with Crippen molar-refractivity contribution in [3.8, 4) is 0 Å². The van der Waals surface area contributed by atoms with E-state index in [1.165, 1.54) is 4.90 Å². The summed E-state index contributed by atoms with van der Waals surface area (Å²) in [6, 6.07) is 1.55. The minimum absolute atomic E-state index is 0.0506. The quantitative estimate of drug-likeness (QED) is 0.896. The fraction of sp³-hybridized carbons (Fsp3) is 0.667. The second-order valence-corrected chi connectivity index (χ2v) is 4.70. The lowest BCUT2D eigenvalue weighted by molar-refractivity contribution is -0.120. The van der Waals surface area contributed by atoms with Crippen LogP contribution >= 0.6 is 0 Å². The maximum absolute atomic E-state index is 12.6. The summed E-state index contributed by atoms with van der Waals surface area (Å²) in [7, 11) is 0. The fourth-order valence-electron chi connectivity index (χ4n) is 1.91. The normalized spacial score (nSPS) is 15.4. The van der Waals surface area contributed by atoms with Crippen LogP contribution in [0.25, 0.3) is 0 Å². The highest BCUT2D eigenvalue weighted by Crippen LogP contribution is 2.33. The zero-order chi connectivity index (χ0) is 14.0. The molecule has 1 aliphatic carbocycles. The molecule has 7 heteroatoms. The largest absolute Gasteiger partial charge is 0.405 e. The first kappa shape index (κ1) is 13.9. The van der Waals surface area contributed by atoms with Crippen LogP contribution in [-0.2, 0) is 0 Å². The Kier molecular flexibility index (Phi) is 3.82. The van der Waals surface area contributed by atoms with Gasteiger partial charge in [0, 0.05) is 24.3 Å². The molecule has 0 saturated heterocycles. The van der Waals surface area contributed by atoms with E-state index in [1.54, 1.807) is 13.0 Å². The van der Waals surface area contributed by atoms with E-state index in [2.05, 4.69) is 15.3 Å². The van der Waals surface area contributed by atoms with Gasteiger partial charge in [-0.05, 0) is 26.7 Å². The second-order valence-electron chi connectivity index (χ2n) is 4.70. The van der Waals surface area contributed by atoms with Gasteiger partial charge in [0.1, 0.15) is 12.4 Å². The van der Waals surface area contributed by atoms with Crippen LogP contribution < -0.4 is 10.2 Å². The third-order valence-electron chi connectivity index (χ3n) is 2.81. The number of halogens is 3. The third kappa shape index (κ3) is 3.97. The molecular formula is C12H17F3N4. The van der Waals surface area contributed by atoms with Crippen molar-refractivity contribution in [3.63, 3.8) is 0 Å². The summed E-state index contributed by atoms with van der Waals surface area (Å²) in [6.07, 6.45) is -2.65. The van der Waals surface area contributed by atoms with E-state index >= 15 is 0 Å². The van der Waals surface area contributed by atoms with Crippen molar-refractivity contribution in [1.82, 2.24) is 9.97 Å². The third-order valence-corrected chi connectivity index (χ3v) is 2.81. The Hall–Kier alpha value is -1.53. The number of nitrogens with one attached hydrogen (secondary N) is 1. The fourth-order valence-corrected chi connectivity index (χ4v) is 1.91. The Balaban J connectivity index is 2.25. The summed E-state index contributed by atoms with van der Waals surface area (Å²) in [4.78, 5) is 9.65. The second kappa shape index (κ2) is 5.22. The lowest BCUT2D eigenvalue weighted by Crippen LogP contribution is -2.36. The minimum atomic E-state index is -4.22. The molecule has 19 heavy (non-hydrogen) atoms. The Morgan fingerprint density at radius 1 is 1.37 bits per heavy atom. The average molecular weight is 274 g/mol. The zero-order valence-corrected chi connectivity index (χ0v) is 11.0. The maximum atomic E-state index is 12.6. The van der Waals surface area contributed by atoms with Gasteiger partial charge in [-0.2, -0.15) is 18.2 Å². The summed E-state index contributed by atoms with van der Waals surface area (Å²) in [5.41, 5.74) is 0.661. The summed E-state index contributed by atoms with van der Waals surface area (Å²) in [5.74, 6) is 0.730. The molecule has 0 amide bonds. The Morgan fingerprint density at radius 2 is 2.05 bits per heavy atom. The van der Waals surface area contributed by atoms with Crippen molar-refractivity contribution in [2.75, 3.05) is 23.3 Å². The topological polar surface area (TPSA) is 41.1 Å². The van der Waals surface area contributed by atoms with Gasteiger partial charge in [-0.1, -0.05) is 0 Å². The summed E-state index contributed by atoms with van der Waals surface area (Å²) in [6.45, 7) is 3.32. The first-order valence-corrected chi connectivity index (χ1v) is 6.32. The Morgan fingerprint density at radius 3 is 2.58 bits per heavy atom. The van der Waals surface area contributed by atoms with E-state index in [4.69, 9.17) is 0 Å². The van der Waals surface area contributed by atoms with Crippen molar-refractivity contribution in [2.24, 2.45) is 0 Å². The zero-order valence-electron chi connectivity index (χ0n) is 11.0. The molecule has 0 bridgehead atoms. The molecule has 1 aromatic rings. The molecule has 106 valence electrons. The molecule has 0 atom stereocenters. The van der Waals surface area contributed by atoms with E-state index in [1.807, 2.05) is 6.92 Å². The van der Waals surface area contributed by atoms with Gasteiger partial charge >= 0.3 is 6.18 Å². The lowest BCUT2D eigenvalue weighted by Gasteiger charge is -2.25. The van der Waals surface area contributed by atoms with Gasteiger partial charge in [0.2, 0.25) is 5.95 Å². The highest BCUT2D eigenvalue weighted by molar-refractivity contribution is 5.47. The van der Waals surface area contributed by atoms with Gasteiger partial charge in [-0.15, -0.1) is 0 Å². The first-order valence-electron chi connectivity index (χ1n) is 6.32. The van der Waals surface area contributed by atoms with E-state index in [0.29, 0.717) is 24.0 Å². The molecule has 0 radical (unpaired) electrons. The van der Waals surface area contributed by atoms with Crippen molar-refractivity contribution in [1.29, 1.82) is 0 Å². The highest BCUT2D eigenvalue weighted by Gasteiger charge is 2.39. The molecule has 1 heterocycles. The molecule has 1 aliphatic rings. The standard InChI is InChI=1S/C12H17F3N4/c1-3-16-11-17-8(2)6-10(18-11)19(9-4-5-9)7-12(13,14)15/h6,9H,3-5,7H2,1-2H3,(H,16,17,18). The number of rotatable bonds is 5. The molecule has 0 spiro atoms. The van der Waals surface area contributed by atoms with Crippen molar-refractivity contribution in [2.45, 2.75) is 38.9 Å². The van der Waals surface area contributed by atoms with Crippen molar-refractivity contribution < 1.29 is 13.2 Å². The van der Waals surface area contributed by atoms with E-state index in [0.717, 1.165) is 12.8 Å². The monoisotopic (exact) mass is 274 g/mol. The number of hydrogen-bond donors (Lipinski definition) is 1. The van der Waals surface area contributed by atoms with Crippen LogP contribution in [0.2, 0.25) is 0 Å². The maximum Gasteiger partial charge on any atom is 0.405 e. The Bertz CT molecular complexity index is 443. The van der Waals surface area contributed by atoms with Gasteiger partial charge < -0.3 is 10.2 Å². The van der Waals surface area contributed by atoms with Gasteiger partial charge in [0.25, 0.3) is 0 Å². The average Bonchev–Trinajstić information content (AvgIpc) is 3.08. The molecule has 0 aliphatic heterocycles. The predicted molar refractivity (Wildman–Crippen MR) is 67.4 cm³/mol. The lowest BCUT2D eigenvalue weighted by atomic mass is 10.3. The molecular weight excluding hydrogens is 257 g/mol. The first-order chi connectivity index (χ1) is 8.89. The summed E-state index contributed by atoms with van der Waals surface area (Å²) in [5, 5.41) is 2.94. The molecule has 1 N–H and O–H groups in total. The number of hydrogen-bond acceptors (Lipinski definition) is 4. The van der Waals surface area contributed by atoms with Crippen LogP contribution in [-0.4, -0.2) is 35.3 Å². The minimum Gasteiger partial charge on any atom is -0.354 e. The van der Waals surface area contributed by atoms with Crippen LogP contribution in [0, 0.1) is 6.92 Å². The van der Waals surface area contributed by atoms with Gasteiger partial charge in [-0.3, -0.25) is 0 Å². The SMILES string of the molecule is CCNc1nc(C)cc(N(CC(F)(F)F)C2CC2)n1. The molecule has 4 nitrogen and oxygen atoms in total. The van der Waals surface area contributed by atoms with Crippen molar-refractivity contribution in [3.05, 3.63) is 11.8 Å². The van der Waals surface area contributed by atoms with Gasteiger partial charge in [-0.25, -0.2) is 4.98 Å². The number of aryl methyl sites for hydroxylation is 1. The van der Waals surface area contributed by atoms with Gasteiger partial charge in [0.15, 0.2) is 0 Å². The number of alkyl halides is 3. The summed E-state index contributed by atoms with van der Waals surface area (Å²) < 4.78 is 37.9. The van der Waals surface area contributed by atoms with Crippen LogP contribution in [0.1, 0.15) is 25.5 Å². The van der Waals surface area contributed by atoms with Crippen LogP contribution in [0.4, 0.5) is 24.9 Å². The number of aromatic nitrogens is 2. The molecule has 0 unspecified atom stereocenters. The van der Waals surface area contributed by atoms with Crippen LogP contribution in [0.3, 0.4) is 0 Å². The summed E-state index contributed by atoms with van der Waals surface area (Å²) >= 11 is 0. The number of anilines is 2. The number of nitrogens with zero attached hydrogens (tertiary/aromatic N) is 3. The predicted octanol–water partition coefficient (Wildman–Crippen LogP) is 2.75. The van der Waals surface area contributed by atoms with E-state index in [9.17, 15) is 13.2 Å². The molecule has 2 rings (SSSR count). The highest BCUT2D eigenvalue weighted by atomic mass is 19.4. The Labute approximate surface area is 110 Å². The van der Waals surface area contributed by atoms with E-state index < -0.39 is 12.7 Å². The van der Waals surface area contributed by atoms with Gasteiger partial charge in [0.05, 0.1) is 0 Å². The van der Waals surface area contributed by atoms with E-state index in [-0.39, 0.29) is 6.04 Å². The van der Waals surface area contributed by atoms with Crippen molar-refractivity contribution >= 4 is 11.8 Å². The smallest absolute Gasteiger partial charge is 0.354 e. The molecule has 1 saturated carbocycles. The molecule has 0 aromatic carbocycles. The van der Waals surface area contributed by atoms with Crippen LogP contribution in [0.5, 0.6) is 0 Å². The van der Waals surface area contributed by atoms with Crippen LogP contribution in [0.15, 0.2) is 6.07 Å². The molecule has 1 aromatic heterocycles. The molecule has 1 fully saturated rings.